The van der Waals surface area contributed by atoms with E-state index in [2.05, 4.69) is 6.58 Å². The van der Waals surface area contributed by atoms with Gasteiger partial charge in [-0.25, -0.2) is 36.4 Å². The molecule has 0 saturated carbocycles. The molecule has 0 aliphatic rings. The summed E-state index contributed by atoms with van der Waals surface area (Å²) < 4.78 is 0. The summed E-state index contributed by atoms with van der Waals surface area (Å²) >= 11 is 0. The summed E-state index contributed by atoms with van der Waals surface area (Å²) in [5.74, 6) is 0. The molecule has 24 heavy (non-hydrogen) atoms. The Morgan fingerprint density at radius 2 is 0.833 bits per heavy atom. The molecule has 0 radical (unpaired) electrons. The monoisotopic (exact) mass is 398 g/mol. The Balaban J connectivity index is 0. The largest absolute Gasteiger partial charge is 2.00 e. The first kappa shape index (κ1) is 24.4. The summed E-state index contributed by atoms with van der Waals surface area (Å²) in [5, 5.41) is 0. The van der Waals surface area contributed by atoms with Crippen LogP contribution in [0.5, 0.6) is 0 Å². The van der Waals surface area contributed by atoms with Crippen LogP contribution in [0.15, 0.2) is 122 Å². The Morgan fingerprint density at radius 3 is 0.958 bits per heavy atom. The van der Waals surface area contributed by atoms with E-state index in [9.17, 15) is 0 Å². The van der Waals surface area contributed by atoms with Gasteiger partial charge in [-0.1, -0.05) is 0 Å². The molecule has 0 fully saturated rings. The van der Waals surface area contributed by atoms with E-state index < -0.39 is 0 Å². The number of hydrogen-bond acceptors (Lipinski definition) is 0. The third-order valence-corrected chi connectivity index (χ3v) is 2.59. The van der Waals surface area contributed by atoms with E-state index in [1.54, 1.807) is 0 Å². The molecule has 0 spiro atoms. The molecule has 0 aliphatic carbocycles. The molecule has 0 heterocycles. The van der Waals surface area contributed by atoms with Crippen LogP contribution in [-0.4, -0.2) is 0 Å². The molecule has 4 aromatic carbocycles. The second kappa shape index (κ2) is 19.2. The van der Waals surface area contributed by atoms with Crippen molar-refractivity contribution in [1.82, 2.24) is 0 Å². The maximum Gasteiger partial charge on any atom is 2.00 e. The first-order chi connectivity index (χ1) is 10.9. The molecular formula is C22H22Fe2. The fourth-order valence-corrected chi connectivity index (χ4v) is 1.49. The molecule has 4 rings (SSSR count). The summed E-state index contributed by atoms with van der Waals surface area (Å²) in [5.41, 5.74) is 1.19. The van der Waals surface area contributed by atoms with Gasteiger partial charge in [-0.15, -0.1) is 23.8 Å². The van der Waals surface area contributed by atoms with Crippen LogP contribution < -0.4 is 0 Å². The van der Waals surface area contributed by atoms with Gasteiger partial charge in [-0.3, -0.25) is 0 Å². The zero-order chi connectivity index (χ0) is 15.7. The van der Waals surface area contributed by atoms with E-state index in [4.69, 9.17) is 0 Å². The van der Waals surface area contributed by atoms with Crippen molar-refractivity contribution in [3.05, 3.63) is 127 Å². The molecule has 126 valence electrons. The first-order valence-corrected chi connectivity index (χ1v) is 7.27. The first-order valence-electron chi connectivity index (χ1n) is 7.27. The van der Waals surface area contributed by atoms with Crippen molar-refractivity contribution in [2.24, 2.45) is 0 Å². The summed E-state index contributed by atoms with van der Waals surface area (Å²) in [4.78, 5) is 0. The molecule has 2 heteroatoms. The Hall–Kier alpha value is -1.82. The summed E-state index contributed by atoms with van der Waals surface area (Å²) in [7, 11) is 0. The van der Waals surface area contributed by atoms with Crippen molar-refractivity contribution in [3.8, 4) is 0 Å². The fourth-order valence-electron chi connectivity index (χ4n) is 1.49. The smallest absolute Gasteiger partial charge is 0.214 e. The average Bonchev–Trinajstić information content (AvgIpc) is 3.44. The maximum atomic E-state index is 3.60. The minimum absolute atomic E-state index is 0. The fraction of sp³-hybridized carbons (Fsp3) is 0. The number of hydrogen-bond donors (Lipinski definition) is 0. The molecule has 0 aliphatic heterocycles. The Labute approximate surface area is 167 Å². The predicted octanol–water partition coefficient (Wildman–Crippen LogP) is 6.26. The molecule has 0 aromatic heterocycles. The predicted molar refractivity (Wildman–Crippen MR) is 98.2 cm³/mol. The quantitative estimate of drug-likeness (QED) is 0.262. The Morgan fingerprint density at radius 1 is 0.542 bits per heavy atom. The van der Waals surface area contributed by atoms with E-state index in [-0.39, 0.29) is 34.1 Å². The second-order valence-corrected chi connectivity index (χ2v) is 4.31. The Kier molecular flexibility index (Phi) is 19.6. The average molecular weight is 398 g/mol. The van der Waals surface area contributed by atoms with Gasteiger partial charge in [-0.2, -0.15) is 73.3 Å². The van der Waals surface area contributed by atoms with Crippen LogP contribution >= 0.6 is 0 Å². The van der Waals surface area contributed by atoms with Crippen molar-refractivity contribution in [3.63, 3.8) is 0 Å². The zero-order valence-electron chi connectivity index (χ0n) is 13.5. The topological polar surface area (TPSA) is 0 Å². The van der Waals surface area contributed by atoms with Gasteiger partial charge in [0.1, 0.15) is 0 Å². The van der Waals surface area contributed by atoms with Crippen LogP contribution in [0.25, 0.3) is 6.08 Å². The van der Waals surface area contributed by atoms with E-state index in [0.717, 1.165) is 0 Å². The van der Waals surface area contributed by atoms with Gasteiger partial charge in [0.2, 0.25) is 0 Å². The van der Waals surface area contributed by atoms with Gasteiger partial charge in [0.25, 0.3) is 0 Å². The molecular weight excluding hydrogens is 376 g/mol. The number of rotatable bonds is 1. The van der Waals surface area contributed by atoms with Gasteiger partial charge in [-0.05, 0) is 0 Å². The van der Waals surface area contributed by atoms with Crippen LogP contribution in [0.1, 0.15) is 5.56 Å². The van der Waals surface area contributed by atoms with E-state index in [1.807, 2.05) is 121 Å². The third kappa shape index (κ3) is 15.1. The van der Waals surface area contributed by atoms with Gasteiger partial charge in [0, 0.05) is 0 Å². The van der Waals surface area contributed by atoms with Crippen molar-refractivity contribution in [2.45, 2.75) is 0 Å². The van der Waals surface area contributed by atoms with Crippen LogP contribution in [0.2, 0.25) is 0 Å². The maximum absolute atomic E-state index is 3.60. The normalized spacial score (nSPS) is 7.50. The van der Waals surface area contributed by atoms with E-state index in [0.29, 0.717) is 0 Å². The molecule has 0 N–H and O–H groups in total. The summed E-state index contributed by atoms with van der Waals surface area (Å²) in [6.07, 6.45) is 1.83. The van der Waals surface area contributed by atoms with Gasteiger partial charge >= 0.3 is 34.1 Å². The standard InChI is InChI=1S/C7H7.3C5H5.2Fe/c1-2-7-5-3-4-6-7;3*1-2-4-5-3-1;;/h2-6H,1H2;3*1-5H;;/q4*-1;2*+2. The van der Waals surface area contributed by atoms with Crippen LogP contribution in [0, 0.1) is 0 Å². The SMILES string of the molecule is C=C[c-]1cccc1.[Fe+2].[Fe+2].c1cc[cH-]c1.c1cc[cH-]c1.c1cc[cH-]c1. The minimum Gasteiger partial charge on any atom is -0.214 e. The van der Waals surface area contributed by atoms with Crippen molar-refractivity contribution in [1.29, 1.82) is 0 Å². The van der Waals surface area contributed by atoms with E-state index in [1.165, 1.54) is 5.56 Å². The molecule has 0 atom stereocenters. The summed E-state index contributed by atoms with van der Waals surface area (Å²) in [6.45, 7) is 3.60. The molecule has 0 amide bonds. The van der Waals surface area contributed by atoms with Crippen LogP contribution in [0.3, 0.4) is 0 Å². The van der Waals surface area contributed by atoms with Crippen molar-refractivity contribution >= 4 is 6.08 Å². The van der Waals surface area contributed by atoms with Gasteiger partial charge in [0.15, 0.2) is 0 Å². The Bertz CT molecular complexity index is 484. The van der Waals surface area contributed by atoms with Gasteiger partial charge in [0.05, 0.1) is 0 Å². The minimum atomic E-state index is 0. The zero-order valence-corrected chi connectivity index (χ0v) is 15.7. The molecule has 0 unspecified atom stereocenters. The van der Waals surface area contributed by atoms with Crippen molar-refractivity contribution in [2.75, 3.05) is 0 Å². The molecule has 0 bridgehead atoms. The van der Waals surface area contributed by atoms with Crippen LogP contribution in [-0.2, 0) is 34.1 Å². The second-order valence-electron chi connectivity index (χ2n) is 4.31. The molecule has 0 saturated heterocycles. The van der Waals surface area contributed by atoms with Gasteiger partial charge < -0.3 is 0 Å². The molecule has 4 aromatic rings. The summed E-state index contributed by atoms with van der Waals surface area (Å²) in [6, 6.07) is 38.0. The third-order valence-electron chi connectivity index (χ3n) is 2.59. The molecule has 0 nitrogen and oxygen atoms in total. The van der Waals surface area contributed by atoms with Crippen molar-refractivity contribution < 1.29 is 34.1 Å². The van der Waals surface area contributed by atoms with E-state index >= 15 is 0 Å². The van der Waals surface area contributed by atoms with Crippen LogP contribution in [0.4, 0.5) is 0 Å².